The van der Waals surface area contributed by atoms with Gasteiger partial charge in [-0.1, -0.05) is 44.7 Å². The van der Waals surface area contributed by atoms with Crippen molar-refractivity contribution in [2.24, 2.45) is 0 Å². The van der Waals surface area contributed by atoms with Crippen molar-refractivity contribution in [1.29, 1.82) is 0 Å². The van der Waals surface area contributed by atoms with Gasteiger partial charge in [0.15, 0.2) is 10.9 Å². The molecule has 5 nitrogen and oxygen atoms in total. The molecule has 2 aromatic rings. The van der Waals surface area contributed by atoms with Crippen LogP contribution in [0.3, 0.4) is 0 Å². The predicted molar refractivity (Wildman–Crippen MR) is 115 cm³/mol. The minimum Gasteiger partial charge on any atom is -0.444 e. The Bertz CT molecular complexity index is 913. The molecule has 1 aromatic carbocycles. The number of aryl methyl sites for hydroxylation is 1. The van der Waals surface area contributed by atoms with E-state index in [0.717, 1.165) is 11.3 Å². The number of rotatable bonds is 4. The van der Waals surface area contributed by atoms with Gasteiger partial charge in [0.2, 0.25) is 5.91 Å². The van der Waals surface area contributed by atoms with Gasteiger partial charge in [0.25, 0.3) is 5.91 Å². The smallest absolute Gasteiger partial charge is 0.289 e. The fourth-order valence-corrected chi connectivity index (χ4v) is 4.33. The Hall–Kier alpha value is -2.21. The highest BCUT2D eigenvalue weighted by atomic mass is 32.2. The van der Waals surface area contributed by atoms with Gasteiger partial charge in [0.1, 0.15) is 0 Å². The second-order valence-corrected chi connectivity index (χ2v) is 9.82. The molecule has 3 rings (SSSR count). The lowest BCUT2D eigenvalue weighted by molar-refractivity contribution is -0.129. The van der Waals surface area contributed by atoms with Crippen molar-refractivity contribution in [3.63, 3.8) is 0 Å². The summed E-state index contributed by atoms with van der Waals surface area (Å²) < 4.78 is 5.88. The summed E-state index contributed by atoms with van der Waals surface area (Å²) in [6, 6.07) is 10.2. The van der Waals surface area contributed by atoms with Crippen LogP contribution in [0.1, 0.15) is 55.8 Å². The van der Waals surface area contributed by atoms with Gasteiger partial charge < -0.3 is 14.2 Å². The number of likely N-dealkylation sites (tertiary alicyclic amines) is 1. The van der Waals surface area contributed by atoms with Crippen LogP contribution in [0.4, 0.5) is 0 Å². The molecule has 0 saturated carbocycles. The molecule has 0 aliphatic carbocycles. The summed E-state index contributed by atoms with van der Waals surface area (Å²) in [7, 11) is 1.79. The molecular formula is C23H30N2O3S. The number of hydrogen-bond acceptors (Lipinski definition) is 4. The maximum absolute atomic E-state index is 12.8. The highest BCUT2D eigenvalue weighted by Gasteiger charge is 2.31. The van der Waals surface area contributed by atoms with Crippen LogP contribution in [0.25, 0.3) is 0 Å². The van der Waals surface area contributed by atoms with E-state index < -0.39 is 0 Å². The van der Waals surface area contributed by atoms with E-state index in [-0.39, 0.29) is 23.3 Å². The van der Waals surface area contributed by atoms with E-state index >= 15 is 0 Å². The quantitative estimate of drug-likeness (QED) is 0.726. The van der Waals surface area contributed by atoms with E-state index in [1.165, 1.54) is 11.1 Å². The summed E-state index contributed by atoms with van der Waals surface area (Å²) in [6.07, 6.45) is 0.795. The lowest BCUT2D eigenvalue weighted by Crippen LogP contribution is -2.38. The first-order chi connectivity index (χ1) is 13.6. The van der Waals surface area contributed by atoms with Crippen LogP contribution in [0.15, 0.2) is 44.7 Å². The maximum atomic E-state index is 12.8. The number of nitrogens with zero attached hydrogens (tertiary/aromatic N) is 2. The Balaban J connectivity index is 1.70. The summed E-state index contributed by atoms with van der Waals surface area (Å²) in [5.41, 5.74) is 2.53. The molecule has 0 radical (unpaired) electrons. The molecule has 1 aliphatic heterocycles. The van der Waals surface area contributed by atoms with E-state index in [0.29, 0.717) is 23.9 Å². The van der Waals surface area contributed by atoms with Gasteiger partial charge in [-0.15, -0.1) is 0 Å². The number of carbonyl (C=O) groups is 2. The van der Waals surface area contributed by atoms with Crippen molar-refractivity contribution in [3.8, 4) is 0 Å². The average molecular weight is 415 g/mol. The highest BCUT2D eigenvalue weighted by Crippen LogP contribution is 2.35. The molecule has 1 atom stereocenters. The van der Waals surface area contributed by atoms with E-state index in [2.05, 4.69) is 45.9 Å². The second kappa shape index (κ2) is 8.27. The van der Waals surface area contributed by atoms with Crippen molar-refractivity contribution < 1.29 is 14.0 Å². The normalized spacial score (nSPS) is 16.9. The molecule has 1 aromatic heterocycles. The summed E-state index contributed by atoms with van der Waals surface area (Å²) in [5, 5.41) is 0.708. The average Bonchev–Trinajstić information content (AvgIpc) is 3.31. The number of carbonyl (C=O) groups excluding carboxylic acids is 2. The molecule has 2 heterocycles. The Morgan fingerprint density at radius 2 is 1.93 bits per heavy atom. The van der Waals surface area contributed by atoms with Gasteiger partial charge in [0, 0.05) is 32.0 Å². The first-order valence-corrected chi connectivity index (χ1v) is 10.8. The summed E-state index contributed by atoms with van der Waals surface area (Å²) in [5.74, 6) is 0.258. The van der Waals surface area contributed by atoms with E-state index in [1.54, 1.807) is 41.6 Å². The summed E-state index contributed by atoms with van der Waals surface area (Å²) >= 11 is 1.54. The number of benzene rings is 1. The lowest BCUT2D eigenvalue weighted by Gasteiger charge is -2.23. The number of likely N-dealkylation sites (N-methyl/N-ethyl adjacent to an activating group) is 1. The third kappa shape index (κ3) is 4.86. The van der Waals surface area contributed by atoms with E-state index in [9.17, 15) is 9.59 Å². The molecule has 1 saturated heterocycles. The minimum atomic E-state index is -0.114. The molecule has 0 N–H and O–H groups in total. The number of furan rings is 1. The first-order valence-electron chi connectivity index (χ1n) is 9.98. The zero-order chi connectivity index (χ0) is 21.3. The SMILES string of the molecule is CC(=O)N(C)C1CCN(C(=O)c2ccc(Sc3cc(C(C)(C)C)ccc3C)o2)C1. The first kappa shape index (κ1) is 21.5. The van der Waals surface area contributed by atoms with Crippen molar-refractivity contribution >= 4 is 23.6 Å². The van der Waals surface area contributed by atoms with Gasteiger partial charge in [-0.3, -0.25) is 9.59 Å². The molecule has 1 unspecified atom stereocenters. The van der Waals surface area contributed by atoms with Crippen LogP contribution in [0.2, 0.25) is 0 Å². The molecule has 6 heteroatoms. The molecule has 29 heavy (non-hydrogen) atoms. The molecule has 1 fully saturated rings. The van der Waals surface area contributed by atoms with Crippen LogP contribution in [-0.4, -0.2) is 47.8 Å². The van der Waals surface area contributed by atoms with Crippen LogP contribution in [0.5, 0.6) is 0 Å². The highest BCUT2D eigenvalue weighted by molar-refractivity contribution is 7.99. The van der Waals surface area contributed by atoms with Crippen molar-refractivity contribution in [2.75, 3.05) is 20.1 Å². The Morgan fingerprint density at radius 3 is 2.59 bits per heavy atom. The van der Waals surface area contributed by atoms with Crippen LogP contribution < -0.4 is 0 Å². The van der Waals surface area contributed by atoms with Crippen molar-refractivity contribution in [3.05, 3.63) is 47.2 Å². The largest absolute Gasteiger partial charge is 0.444 e. The van der Waals surface area contributed by atoms with Gasteiger partial charge in [-0.25, -0.2) is 0 Å². The van der Waals surface area contributed by atoms with Gasteiger partial charge in [0.05, 0.1) is 6.04 Å². The molecule has 0 spiro atoms. The topological polar surface area (TPSA) is 53.8 Å². The van der Waals surface area contributed by atoms with Crippen LogP contribution >= 0.6 is 11.8 Å². The maximum Gasteiger partial charge on any atom is 0.289 e. The zero-order valence-corrected chi connectivity index (χ0v) is 18.9. The van der Waals surface area contributed by atoms with Gasteiger partial charge in [-0.2, -0.15) is 0 Å². The number of amides is 2. The monoisotopic (exact) mass is 414 g/mol. The Morgan fingerprint density at radius 1 is 1.21 bits per heavy atom. The molecular weight excluding hydrogens is 384 g/mol. The van der Waals surface area contributed by atoms with Crippen LogP contribution in [-0.2, 0) is 10.2 Å². The van der Waals surface area contributed by atoms with Crippen LogP contribution in [0, 0.1) is 6.92 Å². The molecule has 0 bridgehead atoms. The van der Waals surface area contributed by atoms with Crippen molar-refractivity contribution in [2.45, 2.75) is 62.5 Å². The Labute approximate surface area is 177 Å². The van der Waals surface area contributed by atoms with Crippen molar-refractivity contribution in [1.82, 2.24) is 9.80 Å². The second-order valence-electron chi connectivity index (χ2n) is 8.77. The third-order valence-electron chi connectivity index (χ3n) is 5.55. The van der Waals surface area contributed by atoms with Gasteiger partial charge >= 0.3 is 0 Å². The van der Waals surface area contributed by atoms with Gasteiger partial charge in [-0.05, 0) is 48.1 Å². The fourth-order valence-electron chi connectivity index (χ4n) is 3.43. The van der Waals surface area contributed by atoms with E-state index in [4.69, 9.17) is 4.42 Å². The standard InChI is InChI=1S/C23H30N2O3S/c1-15-7-8-17(23(3,4)5)13-20(15)29-21-10-9-19(28-21)22(27)25-12-11-18(14-25)24(6)16(2)26/h7-10,13,18H,11-12,14H2,1-6H3. The van der Waals surface area contributed by atoms with E-state index in [1.807, 2.05) is 6.07 Å². The lowest BCUT2D eigenvalue weighted by atomic mass is 9.87. The summed E-state index contributed by atoms with van der Waals surface area (Å²) in [6.45, 7) is 11.4. The zero-order valence-electron chi connectivity index (χ0n) is 18.1. The molecule has 2 amide bonds. The minimum absolute atomic E-state index is 0.0221. The predicted octanol–water partition coefficient (Wildman–Crippen LogP) is 4.73. The molecule has 156 valence electrons. The fraction of sp³-hybridized carbons (Fsp3) is 0.478. The summed E-state index contributed by atoms with van der Waals surface area (Å²) in [4.78, 5) is 29.0. The Kier molecular flexibility index (Phi) is 6.13. The third-order valence-corrected chi connectivity index (χ3v) is 6.63. The number of hydrogen-bond donors (Lipinski definition) is 0. The molecule has 1 aliphatic rings.